The highest BCUT2D eigenvalue weighted by molar-refractivity contribution is 5.86. The fourth-order valence-electron chi connectivity index (χ4n) is 1.79. The highest BCUT2D eigenvalue weighted by atomic mass is 16.6. The van der Waals surface area contributed by atoms with Gasteiger partial charge < -0.3 is 16.2 Å². The monoisotopic (exact) mass is 264 g/mol. The van der Waals surface area contributed by atoms with Gasteiger partial charge in [-0.25, -0.2) is 4.79 Å². The second kappa shape index (κ2) is 7.41. The molecule has 1 amide bonds. The molecule has 5 heteroatoms. The Morgan fingerprint density at radius 3 is 2.37 bits per heavy atom. The lowest BCUT2D eigenvalue weighted by atomic mass is 10.0. The van der Waals surface area contributed by atoms with Crippen molar-refractivity contribution in [2.45, 2.75) is 38.7 Å². The van der Waals surface area contributed by atoms with Crippen molar-refractivity contribution < 1.29 is 14.3 Å². The molecule has 0 aliphatic carbocycles. The van der Waals surface area contributed by atoms with Gasteiger partial charge in [0.05, 0.1) is 0 Å². The molecule has 0 bridgehead atoms. The summed E-state index contributed by atoms with van der Waals surface area (Å²) in [6.45, 7) is 2.06. The molecule has 19 heavy (non-hydrogen) atoms. The Bertz CT molecular complexity index is 429. The van der Waals surface area contributed by atoms with Gasteiger partial charge in [-0.2, -0.15) is 0 Å². The molecular weight excluding hydrogens is 244 g/mol. The first-order chi connectivity index (χ1) is 9.04. The number of carbonyl (C=O) groups is 2. The highest BCUT2D eigenvalue weighted by Gasteiger charge is 2.23. The van der Waals surface area contributed by atoms with Gasteiger partial charge in [0.25, 0.3) is 0 Å². The molecule has 0 aromatic heterocycles. The third kappa shape index (κ3) is 4.99. The molecule has 1 rings (SSSR count). The number of primary amides is 1. The number of anilines is 1. The van der Waals surface area contributed by atoms with E-state index in [1.807, 2.05) is 0 Å². The minimum Gasteiger partial charge on any atom is -0.433 e. The van der Waals surface area contributed by atoms with Gasteiger partial charge in [0, 0.05) is 17.7 Å². The maximum atomic E-state index is 12.1. The van der Waals surface area contributed by atoms with Crippen LogP contribution >= 0.6 is 0 Å². The number of rotatable bonds is 7. The summed E-state index contributed by atoms with van der Waals surface area (Å²) < 4.78 is 4.92. The smallest absolute Gasteiger partial charge is 0.405 e. The van der Waals surface area contributed by atoms with Gasteiger partial charge in [0.15, 0.2) is 11.9 Å². The Balaban J connectivity index is 2.79. The van der Waals surface area contributed by atoms with Crippen LogP contribution in [0.25, 0.3) is 0 Å². The number of nitrogens with two attached hydrogens (primary N) is 2. The van der Waals surface area contributed by atoms with Crippen molar-refractivity contribution in [3.63, 3.8) is 0 Å². The van der Waals surface area contributed by atoms with Crippen molar-refractivity contribution in [3.8, 4) is 0 Å². The van der Waals surface area contributed by atoms with Crippen molar-refractivity contribution in [2.24, 2.45) is 5.73 Å². The van der Waals surface area contributed by atoms with Crippen LogP contribution in [0.3, 0.4) is 0 Å². The molecule has 1 aromatic carbocycles. The predicted octanol–water partition coefficient (Wildman–Crippen LogP) is 2.55. The minimum absolute atomic E-state index is 0.142. The maximum Gasteiger partial charge on any atom is 0.405 e. The molecule has 5 nitrogen and oxygen atoms in total. The van der Waals surface area contributed by atoms with Gasteiger partial charge in [-0.3, -0.25) is 4.79 Å². The SMILES string of the molecule is CCCCCC(=O)C(OC(N)=O)c1ccc(N)cc1. The Kier molecular flexibility index (Phi) is 5.85. The van der Waals surface area contributed by atoms with E-state index >= 15 is 0 Å². The topological polar surface area (TPSA) is 95.4 Å². The van der Waals surface area contributed by atoms with Crippen LogP contribution in [0, 0.1) is 0 Å². The van der Waals surface area contributed by atoms with Crippen LogP contribution in [-0.4, -0.2) is 11.9 Å². The van der Waals surface area contributed by atoms with E-state index in [0.717, 1.165) is 19.3 Å². The fraction of sp³-hybridized carbons (Fsp3) is 0.429. The van der Waals surface area contributed by atoms with Crippen LogP contribution in [-0.2, 0) is 9.53 Å². The van der Waals surface area contributed by atoms with Crippen molar-refractivity contribution in [3.05, 3.63) is 29.8 Å². The largest absolute Gasteiger partial charge is 0.433 e. The Morgan fingerprint density at radius 1 is 1.21 bits per heavy atom. The number of amides is 1. The van der Waals surface area contributed by atoms with Gasteiger partial charge in [-0.15, -0.1) is 0 Å². The number of unbranched alkanes of at least 4 members (excludes halogenated alkanes) is 2. The molecule has 1 unspecified atom stereocenters. The lowest BCUT2D eigenvalue weighted by Gasteiger charge is -2.16. The third-order valence-electron chi connectivity index (χ3n) is 2.79. The van der Waals surface area contributed by atoms with Crippen LogP contribution in [0.5, 0.6) is 0 Å². The van der Waals surface area contributed by atoms with Gasteiger partial charge in [-0.05, 0) is 18.6 Å². The number of carbonyl (C=O) groups excluding carboxylic acids is 2. The van der Waals surface area contributed by atoms with E-state index in [2.05, 4.69) is 6.92 Å². The average Bonchev–Trinajstić information content (AvgIpc) is 2.37. The molecule has 0 radical (unpaired) electrons. The normalized spacial score (nSPS) is 11.8. The maximum absolute atomic E-state index is 12.1. The molecule has 0 heterocycles. The number of Topliss-reactive ketones (excluding diaryl/α,β-unsaturated/α-hetero) is 1. The molecule has 104 valence electrons. The number of ether oxygens (including phenoxy) is 1. The van der Waals surface area contributed by atoms with E-state index in [9.17, 15) is 9.59 Å². The first-order valence-electron chi connectivity index (χ1n) is 6.38. The van der Waals surface area contributed by atoms with Gasteiger partial charge >= 0.3 is 6.09 Å². The number of ketones is 1. The van der Waals surface area contributed by atoms with Gasteiger partial charge in [0.1, 0.15) is 0 Å². The standard InChI is InChI=1S/C14H20N2O3/c1-2-3-4-5-12(17)13(19-14(16)18)10-6-8-11(15)9-7-10/h6-9,13H,2-5,15H2,1H3,(H2,16,18). The summed E-state index contributed by atoms with van der Waals surface area (Å²) in [7, 11) is 0. The summed E-state index contributed by atoms with van der Waals surface area (Å²) in [6.07, 6.45) is 1.26. The first-order valence-corrected chi connectivity index (χ1v) is 6.38. The van der Waals surface area contributed by atoms with Crippen molar-refractivity contribution >= 4 is 17.6 Å². The van der Waals surface area contributed by atoms with E-state index in [-0.39, 0.29) is 5.78 Å². The molecule has 0 saturated carbocycles. The van der Waals surface area contributed by atoms with Crippen LogP contribution in [0.4, 0.5) is 10.5 Å². The third-order valence-corrected chi connectivity index (χ3v) is 2.79. The molecular formula is C14H20N2O3. The number of nitrogen functional groups attached to an aromatic ring is 1. The van der Waals surface area contributed by atoms with E-state index in [0.29, 0.717) is 17.7 Å². The highest BCUT2D eigenvalue weighted by Crippen LogP contribution is 2.22. The number of hydrogen-bond donors (Lipinski definition) is 2. The van der Waals surface area contributed by atoms with Gasteiger partial charge in [0.2, 0.25) is 0 Å². The summed E-state index contributed by atoms with van der Waals surface area (Å²) >= 11 is 0. The lowest BCUT2D eigenvalue weighted by molar-refractivity contribution is -0.127. The summed E-state index contributed by atoms with van der Waals surface area (Å²) in [4.78, 5) is 23.0. The van der Waals surface area contributed by atoms with Crippen molar-refractivity contribution in [1.82, 2.24) is 0 Å². The molecule has 0 aliphatic heterocycles. The van der Waals surface area contributed by atoms with Crippen molar-refractivity contribution in [2.75, 3.05) is 5.73 Å². The molecule has 1 atom stereocenters. The minimum atomic E-state index is -0.953. The fourth-order valence-corrected chi connectivity index (χ4v) is 1.79. The Labute approximate surface area is 112 Å². The van der Waals surface area contributed by atoms with E-state index in [4.69, 9.17) is 16.2 Å². The second-order valence-electron chi connectivity index (χ2n) is 4.41. The second-order valence-corrected chi connectivity index (χ2v) is 4.41. The average molecular weight is 264 g/mol. The Morgan fingerprint density at radius 2 is 1.84 bits per heavy atom. The van der Waals surface area contributed by atoms with E-state index < -0.39 is 12.2 Å². The van der Waals surface area contributed by atoms with Crippen LogP contribution in [0.15, 0.2) is 24.3 Å². The van der Waals surface area contributed by atoms with Crippen molar-refractivity contribution in [1.29, 1.82) is 0 Å². The zero-order chi connectivity index (χ0) is 14.3. The number of hydrogen-bond acceptors (Lipinski definition) is 4. The number of benzene rings is 1. The quantitative estimate of drug-likeness (QED) is 0.584. The molecule has 4 N–H and O–H groups in total. The first kappa shape index (κ1) is 15.0. The zero-order valence-corrected chi connectivity index (χ0v) is 11.1. The zero-order valence-electron chi connectivity index (χ0n) is 11.1. The lowest BCUT2D eigenvalue weighted by Crippen LogP contribution is -2.23. The molecule has 0 aliphatic rings. The van der Waals surface area contributed by atoms with Crippen LogP contribution in [0.1, 0.15) is 44.3 Å². The summed E-state index contributed by atoms with van der Waals surface area (Å²) in [5, 5.41) is 0. The summed E-state index contributed by atoms with van der Waals surface area (Å²) in [5.74, 6) is -0.142. The molecule has 1 aromatic rings. The predicted molar refractivity (Wildman–Crippen MR) is 73.4 cm³/mol. The van der Waals surface area contributed by atoms with E-state index in [1.54, 1.807) is 24.3 Å². The van der Waals surface area contributed by atoms with Crippen LogP contribution < -0.4 is 11.5 Å². The van der Waals surface area contributed by atoms with E-state index in [1.165, 1.54) is 0 Å². The molecule has 0 saturated heterocycles. The molecule has 0 fully saturated rings. The summed E-state index contributed by atoms with van der Waals surface area (Å²) in [5.41, 5.74) is 11.8. The van der Waals surface area contributed by atoms with Crippen LogP contribution in [0.2, 0.25) is 0 Å². The molecule has 0 spiro atoms. The summed E-state index contributed by atoms with van der Waals surface area (Å²) in [6, 6.07) is 6.65. The van der Waals surface area contributed by atoms with Gasteiger partial charge in [-0.1, -0.05) is 31.9 Å². The Hall–Kier alpha value is -2.04.